The number of carbonyl (C=O) groups excluding carboxylic acids is 4. The minimum absolute atomic E-state index is 0.0260. The molecule has 10 atom stereocenters. The van der Waals surface area contributed by atoms with Crippen molar-refractivity contribution in [1.29, 1.82) is 0 Å². The van der Waals surface area contributed by atoms with Gasteiger partial charge in [0.25, 0.3) is 5.91 Å². The first-order valence-electron chi connectivity index (χ1n) is 33.7. The van der Waals surface area contributed by atoms with Gasteiger partial charge in [0.05, 0.1) is 75.7 Å². The molecule has 9 N–H and O–H groups in total. The molecule has 0 aliphatic carbocycles. The number of amides is 4. The highest BCUT2D eigenvalue weighted by molar-refractivity contribution is 6.03. The first-order chi connectivity index (χ1) is 47.1. The largest absolute Gasteiger partial charge is 0.456 e. The number of ether oxygens (including phenoxy) is 5. The van der Waals surface area contributed by atoms with E-state index in [2.05, 4.69) is 85.9 Å². The molecule has 11 heterocycles. The zero-order valence-corrected chi connectivity index (χ0v) is 54.3. The molecule has 6 aromatic rings. The molecule has 0 radical (unpaired) electrons. The molecule has 4 amide bonds. The van der Waals surface area contributed by atoms with E-state index in [1.165, 1.54) is 73.9 Å². The van der Waals surface area contributed by atoms with E-state index in [1.807, 2.05) is 17.0 Å². The fourth-order valence-electron chi connectivity index (χ4n) is 15.8. The van der Waals surface area contributed by atoms with E-state index < -0.39 is 91.7 Å². The molecule has 97 heavy (non-hydrogen) atoms. The minimum atomic E-state index is -1.53. The average molecular weight is 1340 g/mol. The van der Waals surface area contributed by atoms with Gasteiger partial charge in [-0.15, -0.1) is 15.3 Å². The van der Waals surface area contributed by atoms with Crippen LogP contribution in [0.2, 0.25) is 0 Å². The highest BCUT2D eigenvalue weighted by atomic mass is 16.6. The van der Waals surface area contributed by atoms with Gasteiger partial charge in [-0.25, -0.2) is 9.36 Å². The van der Waals surface area contributed by atoms with E-state index in [9.17, 15) is 45.0 Å². The Morgan fingerprint density at radius 1 is 0.629 bits per heavy atom. The number of fused-ring (bicyclic) bond motifs is 8. The molecular weight excluding hydrogens is 1260 g/mol. The molecule has 3 aromatic heterocycles. The molecule has 14 rings (SSSR count). The third-order valence-corrected chi connectivity index (χ3v) is 20.0. The van der Waals surface area contributed by atoms with Gasteiger partial charge < -0.3 is 85.0 Å². The summed E-state index contributed by atoms with van der Waals surface area (Å²) in [5.41, 5.74) is 11.9. The predicted octanol–water partition coefficient (Wildman–Crippen LogP) is -0.613. The lowest BCUT2D eigenvalue weighted by atomic mass is 9.70. The Kier molecular flexibility index (Phi) is 19.1. The number of hydrogen-bond acceptors (Lipinski definition) is 24. The zero-order chi connectivity index (χ0) is 67.2. The molecule has 0 saturated carbocycles. The zero-order valence-electron chi connectivity index (χ0n) is 54.3. The second-order valence-corrected chi connectivity index (χ2v) is 26.4. The molecule has 518 valence electrons. The summed E-state index contributed by atoms with van der Waals surface area (Å²) in [6, 6.07) is 10.5. The summed E-state index contributed by atoms with van der Waals surface area (Å²) in [6.07, 6.45) is 1.95. The van der Waals surface area contributed by atoms with Crippen molar-refractivity contribution in [3.8, 4) is 11.5 Å². The Morgan fingerprint density at radius 3 is 1.67 bits per heavy atom. The highest BCUT2D eigenvalue weighted by Crippen LogP contribution is 2.63. The topological polar surface area (TPSA) is 377 Å². The molecule has 0 bridgehead atoms. The van der Waals surface area contributed by atoms with Gasteiger partial charge in [-0.2, -0.15) is 0 Å². The maximum absolute atomic E-state index is 15.1. The van der Waals surface area contributed by atoms with Crippen molar-refractivity contribution in [2.75, 3.05) is 88.7 Å². The number of aromatic nitrogens is 9. The maximum atomic E-state index is 15.1. The van der Waals surface area contributed by atoms with Crippen molar-refractivity contribution in [3.05, 3.63) is 117 Å². The van der Waals surface area contributed by atoms with Crippen LogP contribution in [0.5, 0.6) is 11.5 Å². The number of carbonyl (C=O) groups is 4. The monoisotopic (exact) mass is 1340 g/mol. The van der Waals surface area contributed by atoms with Gasteiger partial charge >= 0.3 is 0 Å². The van der Waals surface area contributed by atoms with Crippen LogP contribution in [-0.2, 0) is 90.7 Å². The smallest absolute Gasteiger partial charge is 0.255 e. The van der Waals surface area contributed by atoms with Gasteiger partial charge in [-0.3, -0.25) is 28.8 Å². The SMILES string of the molecule is CC(=O)NC1[C@@H](O)[C@H](O)C(CO)O[C@@H]1n1cc(CN(Cc2cn(CCC(=O)NCCOCCOCCN3C(=O)c4ccccc4C34c3cc5c6c(c3Oc3c4cc4c7c3CCCN7CCC4)CCCN6CCC5)nn2)Cc2cn([C@H]3OC(CO)[C@H](O)[C@@H](O)C3NC(C)=O)nn2)nn1. The summed E-state index contributed by atoms with van der Waals surface area (Å²) in [7, 11) is 0. The number of aliphatic hydroxyl groups excluding tert-OH is 6. The van der Waals surface area contributed by atoms with Crippen LogP contribution < -0.4 is 30.5 Å². The van der Waals surface area contributed by atoms with Crippen molar-refractivity contribution in [3.63, 3.8) is 0 Å². The number of benzene rings is 3. The number of aryl methyl sites for hydroxylation is 3. The molecule has 3 aromatic carbocycles. The fraction of sp³-hybridized carbons (Fsp3) is 0.576. The molecule has 31 nitrogen and oxygen atoms in total. The summed E-state index contributed by atoms with van der Waals surface area (Å²) in [5.74, 6) is 0.538. The second-order valence-electron chi connectivity index (χ2n) is 26.4. The molecule has 2 fully saturated rings. The van der Waals surface area contributed by atoms with E-state index in [4.69, 9.17) is 23.7 Å². The van der Waals surface area contributed by atoms with Gasteiger partial charge in [0.1, 0.15) is 65.7 Å². The number of aliphatic hydroxyl groups is 6. The van der Waals surface area contributed by atoms with Crippen molar-refractivity contribution >= 4 is 35.0 Å². The van der Waals surface area contributed by atoms with E-state index in [-0.39, 0.29) is 77.4 Å². The fourth-order valence-corrected chi connectivity index (χ4v) is 15.8. The number of rotatable bonds is 24. The molecule has 8 aliphatic heterocycles. The van der Waals surface area contributed by atoms with Crippen LogP contribution in [0.15, 0.2) is 55.0 Å². The van der Waals surface area contributed by atoms with E-state index in [0.717, 1.165) is 106 Å². The molecule has 1 spiro atoms. The van der Waals surface area contributed by atoms with E-state index in [0.29, 0.717) is 29.2 Å². The van der Waals surface area contributed by atoms with Crippen LogP contribution in [0.25, 0.3) is 0 Å². The Bertz CT molecular complexity index is 3720. The van der Waals surface area contributed by atoms with Gasteiger partial charge in [0, 0.05) is 125 Å². The summed E-state index contributed by atoms with van der Waals surface area (Å²) in [4.78, 5) is 61.8. The Morgan fingerprint density at radius 2 is 1.13 bits per heavy atom. The molecule has 4 unspecified atom stereocenters. The molecular formula is C66H84N16O15. The van der Waals surface area contributed by atoms with Crippen LogP contribution in [0.1, 0.15) is 125 Å². The van der Waals surface area contributed by atoms with Crippen LogP contribution >= 0.6 is 0 Å². The number of nitrogens with zero attached hydrogens (tertiary/aromatic N) is 13. The number of nitrogens with one attached hydrogen (secondary N) is 3. The summed E-state index contributed by atoms with van der Waals surface area (Å²) >= 11 is 0. The standard InChI is InChI=1S/C66H84N16O15/c1-37(85)68-53-59(90)57(88)50(35-83)95-64(53)81-33-42(71-74-81)30-76(31-43-34-82(75-72-43)65-54(69-38(2)86)60(91)58(89)51(36-84)96-65)29-41-32-79(73-70-41)21-15-52(87)67-16-23-93-25-26-94-24-22-80-63(92)44-11-3-4-14-47(44)66(80)48-27-39-9-5-17-77-19-7-12-45(55(39)77)61(48)97-62-46-13-8-20-78-18-6-10-40(56(46)78)28-49(62)66/h3-4,11,14,27-28,32-34,50-51,53-54,57-60,64-65,83-84,88-91H,5-10,12-13,15-26,29-31,35-36H2,1-2H3,(H,67,87)(H,68,85)(H,69,86)/t50?,51?,53?,54?,57-,58+,59-,60+,64-,65-/m0/s1. The van der Waals surface area contributed by atoms with Gasteiger partial charge in [0.2, 0.25) is 17.7 Å². The Hall–Kier alpha value is -8.08. The van der Waals surface area contributed by atoms with Crippen LogP contribution in [0, 0.1) is 0 Å². The van der Waals surface area contributed by atoms with Gasteiger partial charge in [0.15, 0.2) is 12.5 Å². The van der Waals surface area contributed by atoms with Gasteiger partial charge in [-0.1, -0.05) is 33.8 Å². The lowest BCUT2D eigenvalue weighted by molar-refractivity contribution is -0.219. The van der Waals surface area contributed by atoms with Crippen molar-refractivity contribution in [1.82, 2.24) is 70.7 Å². The quantitative estimate of drug-likeness (QED) is 0.0341. The third kappa shape index (κ3) is 12.6. The lowest BCUT2D eigenvalue weighted by Crippen LogP contribution is -2.62. The molecule has 8 aliphatic rings. The highest BCUT2D eigenvalue weighted by Gasteiger charge is 2.58. The summed E-state index contributed by atoms with van der Waals surface area (Å²) < 4.78 is 35.6. The maximum Gasteiger partial charge on any atom is 0.255 e. The normalized spacial score (nSPS) is 25.1. The predicted molar refractivity (Wildman–Crippen MR) is 342 cm³/mol. The van der Waals surface area contributed by atoms with Crippen LogP contribution in [0.3, 0.4) is 0 Å². The third-order valence-electron chi connectivity index (χ3n) is 20.0. The van der Waals surface area contributed by atoms with E-state index in [1.54, 1.807) is 6.20 Å². The Labute approximate surface area is 558 Å². The lowest BCUT2D eigenvalue weighted by Gasteiger charge is -2.49. The number of hydrogen-bond donors (Lipinski definition) is 9. The Balaban J connectivity index is 0.601. The summed E-state index contributed by atoms with van der Waals surface area (Å²) in [5, 5.41) is 97.0. The summed E-state index contributed by atoms with van der Waals surface area (Å²) in [6.45, 7) is 7.43. The average Bonchev–Trinajstić information content (AvgIpc) is 1.60. The minimum Gasteiger partial charge on any atom is -0.456 e. The van der Waals surface area contributed by atoms with E-state index >= 15 is 4.79 Å². The second kappa shape index (κ2) is 28.0. The molecule has 31 heteroatoms. The van der Waals surface area contributed by atoms with Crippen molar-refractivity contribution < 1.29 is 73.5 Å². The van der Waals surface area contributed by atoms with Crippen LogP contribution in [-0.4, -0.2) is 237 Å². The van der Waals surface area contributed by atoms with Crippen molar-refractivity contribution in [2.45, 2.75) is 165 Å². The first-order valence-corrected chi connectivity index (χ1v) is 33.7. The first kappa shape index (κ1) is 66.2. The molecule has 2 saturated heterocycles. The van der Waals surface area contributed by atoms with Crippen molar-refractivity contribution in [2.24, 2.45) is 0 Å². The van der Waals surface area contributed by atoms with Crippen LogP contribution in [0.4, 0.5) is 11.4 Å². The van der Waals surface area contributed by atoms with Gasteiger partial charge in [-0.05, 0) is 86.3 Å². The number of anilines is 2.